The van der Waals surface area contributed by atoms with Gasteiger partial charge in [0.25, 0.3) is 0 Å². The van der Waals surface area contributed by atoms with Crippen molar-refractivity contribution >= 4 is 11.0 Å². The highest BCUT2D eigenvalue weighted by molar-refractivity contribution is 5.74. The average Bonchev–Trinajstić information content (AvgIpc) is 3.22. The summed E-state index contributed by atoms with van der Waals surface area (Å²) < 4.78 is 5.94. The van der Waals surface area contributed by atoms with E-state index in [9.17, 15) is 0 Å². The lowest BCUT2D eigenvalue weighted by atomic mass is 10.1. The van der Waals surface area contributed by atoms with Gasteiger partial charge in [0.05, 0.1) is 29.3 Å². The van der Waals surface area contributed by atoms with Gasteiger partial charge in [-0.05, 0) is 24.3 Å². The summed E-state index contributed by atoms with van der Waals surface area (Å²) in [4.78, 5) is 14.9. The number of rotatable bonds is 4. The molecule has 2 heterocycles. The van der Waals surface area contributed by atoms with Crippen LogP contribution in [-0.2, 0) is 6.61 Å². The van der Waals surface area contributed by atoms with Crippen LogP contribution in [0.5, 0.6) is 5.75 Å². The monoisotopic (exact) mass is 290 g/mol. The molecule has 0 saturated heterocycles. The summed E-state index contributed by atoms with van der Waals surface area (Å²) in [7, 11) is 0. The molecule has 0 saturated carbocycles. The Morgan fingerprint density at radius 2 is 1.86 bits per heavy atom. The van der Waals surface area contributed by atoms with E-state index < -0.39 is 0 Å². The fraction of sp³-hybridized carbons (Fsp3) is 0.0588. The van der Waals surface area contributed by atoms with Crippen molar-refractivity contribution in [2.24, 2.45) is 0 Å². The maximum Gasteiger partial charge on any atom is 0.146 e. The van der Waals surface area contributed by atoms with Crippen molar-refractivity contribution in [2.75, 3.05) is 0 Å². The third kappa shape index (κ3) is 2.33. The number of ether oxygens (including phenoxy) is 1. The first-order chi connectivity index (χ1) is 10.9. The summed E-state index contributed by atoms with van der Waals surface area (Å²) in [5.41, 5.74) is 3.88. The van der Waals surface area contributed by atoms with Crippen LogP contribution < -0.4 is 4.74 Å². The highest BCUT2D eigenvalue weighted by Crippen LogP contribution is 2.28. The standard InChI is InChI=1S/C17H14N4O/c1-4-8-16(12(5-1)15-9-18-11-19-15)22-10-17-20-13-6-2-3-7-14(13)21-17/h1-9,11H,10H2,(H,18,19)(H,20,21). The van der Waals surface area contributed by atoms with Crippen LogP contribution in [0, 0.1) is 0 Å². The summed E-state index contributed by atoms with van der Waals surface area (Å²) in [5.74, 6) is 1.60. The predicted molar refractivity (Wildman–Crippen MR) is 84.4 cm³/mol. The SMILES string of the molecule is c1ccc(-c2cnc[nH]2)c(OCc2nc3ccccc3[nH]2)c1. The van der Waals surface area contributed by atoms with Crippen molar-refractivity contribution in [3.05, 3.63) is 66.9 Å². The molecule has 0 aliphatic rings. The van der Waals surface area contributed by atoms with E-state index in [0.29, 0.717) is 6.61 Å². The third-order valence-corrected chi connectivity index (χ3v) is 3.48. The van der Waals surface area contributed by atoms with Crippen LogP contribution in [0.3, 0.4) is 0 Å². The smallest absolute Gasteiger partial charge is 0.146 e. The number of fused-ring (bicyclic) bond motifs is 1. The maximum absolute atomic E-state index is 5.94. The molecule has 0 fully saturated rings. The molecule has 4 rings (SSSR count). The summed E-state index contributed by atoms with van der Waals surface area (Å²) in [6.07, 6.45) is 3.44. The van der Waals surface area contributed by atoms with Gasteiger partial charge in [-0.15, -0.1) is 0 Å². The highest BCUT2D eigenvalue weighted by Gasteiger charge is 2.08. The largest absolute Gasteiger partial charge is 0.485 e. The summed E-state index contributed by atoms with van der Waals surface area (Å²) in [5, 5.41) is 0. The average molecular weight is 290 g/mol. The predicted octanol–water partition coefficient (Wildman–Crippen LogP) is 3.53. The summed E-state index contributed by atoms with van der Waals surface area (Å²) in [6.45, 7) is 0.389. The van der Waals surface area contributed by atoms with Crippen LogP contribution in [0.1, 0.15) is 5.82 Å². The molecule has 4 aromatic rings. The van der Waals surface area contributed by atoms with Gasteiger partial charge in [-0.1, -0.05) is 24.3 Å². The van der Waals surface area contributed by atoms with Gasteiger partial charge in [-0.3, -0.25) is 0 Å². The van der Waals surface area contributed by atoms with Gasteiger partial charge in [-0.2, -0.15) is 0 Å². The highest BCUT2D eigenvalue weighted by atomic mass is 16.5. The summed E-state index contributed by atoms with van der Waals surface area (Å²) in [6, 6.07) is 15.8. The molecule has 2 aromatic heterocycles. The first-order valence-electron chi connectivity index (χ1n) is 7.04. The number of benzene rings is 2. The lowest BCUT2D eigenvalue weighted by Gasteiger charge is -2.08. The van der Waals surface area contributed by atoms with Gasteiger partial charge in [0.2, 0.25) is 0 Å². The number of aromatic nitrogens is 4. The Morgan fingerprint density at radius 3 is 2.73 bits per heavy atom. The minimum Gasteiger partial charge on any atom is -0.485 e. The first-order valence-corrected chi connectivity index (χ1v) is 7.04. The first kappa shape index (κ1) is 12.6. The van der Waals surface area contributed by atoms with Crippen molar-refractivity contribution in [1.82, 2.24) is 19.9 Å². The van der Waals surface area contributed by atoms with Crippen molar-refractivity contribution in [3.8, 4) is 17.0 Å². The molecule has 5 nitrogen and oxygen atoms in total. The van der Waals surface area contributed by atoms with Gasteiger partial charge in [0.1, 0.15) is 18.2 Å². The molecular formula is C17H14N4O. The molecule has 0 spiro atoms. The number of imidazole rings is 2. The van der Waals surface area contributed by atoms with Crippen LogP contribution in [-0.4, -0.2) is 19.9 Å². The summed E-state index contributed by atoms with van der Waals surface area (Å²) >= 11 is 0. The van der Waals surface area contributed by atoms with Crippen LogP contribution in [0.4, 0.5) is 0 Å². The Labute approximate surface area is 127 Å². The number of hydrogen-bond acceptors (Lipinski definition) is 3. The zero-order valence-electron chi connectivity index (χ0n) is 11.8. The van der Waals surface area contributed by atoms with Crippen LogP contribution in [0.15, 0.2) is 61.1 Å². The zero-order chi connectivity index (χ0) is 14.8. The molecule has 0 amide bonds. The van der Waals surface area contributed by atoms with Gasteiger partial charge in [0, 0.05) is 5.56 Å². The molecule has 22 heavy (non-hydrogen) atoms. The number of H-pyrrole nitrogens is 2. The van der Waals surface area contributed by atoms with Gasteiger partial charge in [0.15, 0.2) is 0 Å². The van der Waals surface area contributed by atoms with E-state index in [1.807, 2.05) is 48.5 Å². The molecule has 0 aliphatic carbocycles. The molecular weight excluding hydrogens is 276 g/mol. The Morgan fingerprint density at radius 1 is 1.00 bits per heavy atom. The topological polar surface area (TPSA) is 66.6 Å². The number of aromatic amines is 2. The Hall–Kier alpha value is -3.08. The van der Waals surface area contributed by atoms with E-state index in [0.717, 1.165) is 33.9 Å². The quantitative estimate of drug-likeness (QED) is 0.604. The van der Waals surface area contributed by atoms with Crippen molar-refractivity contribution in [2.45, 2.75) is 6.61 Å². The van der Waals surface area contributed by atoms with Crippen LogP contribution >= 0.6 is 0 Å². The van der Waals surface area contributed by atoms with Crippen molar-refractivity contribution < 1.29 is 4.74 Å². The minimum absolute atomic E-state index is 0.389. The van der Waals surface area contributed by atoms with E-state index in [2.05, 4.69) is 19.9 Å². The van der Waals surface area contributed by atoms with Gasteiger partial charge >= 0.3 is 0 Å². The molecule has 2 N–H and O–H groups in total. The minimum atomic E-state index is 0.389. The lowest BCUT2D eigenvalue weighted by Crippen LogP contribution is -1.98. The normalized spacial score (nSPS) is 10.9. The molecule has 0 radical (unpaired) electrons. The second kappa shape index (κ2) is 5.37. The molecule has 108 valence electrons. The fourth-order valence-electron chi connectivity index (χ4n) is 2.44. The van der Waals surface area contributed by atoms with E-state index in [-0.39, 0.29) is 0 Å². The van der Waals surface area contributed by atoms with E-state index in [4.69, 9.17) is 4.74 Å². The second-order valence-corrected chi connectivity index (χ2v) is 4.95. The van der Waals surface area contributed by atoms with Crippen molar-refractivity contribution in [3.63, 3.8) is 0 Å². The molecule has 2 aromatic carbocycles. The molecule has 0 unspecified atom stereocenters. The number of para-hydroxylation sites is 3. The van der Waals surface area contributed by atoms with E-state index in [1.54, 1.807) is 12.5 Å². The Balaban J connectivity index is 1.59. The van der Waals surface area contributed by atoms with Crippen LogP contribution in [0.2, 0.25) is 0 Å². The number of hydrogen-bond donors (Lipinski definition) is 2. The molecule has 5 heteroatoms. The third-order valence-electron chi connectivity index (χ3n) is 3.48. The number of nitrogens with zero attached hydrogens (tertiary/aromatic N) is 2. The van der Waals surface area contributed by atoms with E-state index in [1.165, 1.54) is 0 Å². The zero-order valence-corrected chi connectivity index (χ0v) is 11.8. The van der Waals surface area contributed by atoms with Crippen LogP contribution in [0.25, 0.3) is 22.3 Å². The Bertz CT molecular complexity index is 863. The Kier molecular flexibility index (Phi) is 3.08. The van der Waals surface area contributed by atoms with E-state index >= 15 is 0 Å². The maximum atomic E-state index is 5.94. The van der Waals surface area contributed by atoms with Gasteiger partial charge < -0.3 is 14.7 Å². The van der Waals surface area contributed by atoms with Crippen molar-refractivity contribution in [1.29, 1.82) is 0 Å². The molecule has 0 atom stereocenters. The molecule has 0 aliphatic heterocycles. The lowest BCUT2D eigenvalue weighted by molar-refractivity contribution is 0.299. The molecule has 0 bridgehead atoms. The number of nitrogens with one attached hydrogen (secondary N) is 2. The van der Waals surface area contributed by atoms with Gasteiger partial charge in [-0.25, -0.2) is 9.97 Å². The fourth-order valence-corrected chi connectivity index (χ4v) is 2.44. The second-order valence-electron chi connectivity index (χ2n) is 4.95.